The van der Waals surface area contributed by atoms with Crippen LogP contribution in [0.1, 0.15) is 24.0 Å². The number of aliphatic hydroxyl groups is 2. The van der Waals surface area contributed by atoms with E-state index in [9.17, 15) is 45.0 Å². The van der Waals surface area contributed by atoms with E-state index in [4.69, 9.17) is 9.47 Å². The molecule has 0 unspecified atom stereocenters. The maximum atomic E-state index is 12.6. The predicted octanol–water partition coefficient (Wildman–Crippen LogP) is 1.12. The summed E-state index contributed by atoms with van der Waals surface area (Å²) < 4.78 is 15.2. The number of aliphatic hydroxyl groups excluding tert-OH is 1. The second-order valence-corrected chi connectivity index (χ2v) is 8.44. The Morgan fingerprint density at radius 2 is 1.34 bits per heavy atom. The van der Waals surface area contributed by atoms with Gasteiger partial charge in [-0.2, -0.15) is 0 Å². The fraction of sp³-hybridized carbons (Fsp3) is 0.269. The average molecular weight is 530 g/mol. The van der Waals surface area contributed by atoms with E-state index >= 15 is 0 Å². The number of rotatable bonds is 7. The number of carbonyl (C=O) groups is 3. The van der Waals surface area contributed by atoms with Gasteiger partial charge in [0.2, 0.25) is 5.60 Å². The first-order valence-corrected chi connectivity index (χ1v) is 11.2. The van der Waals surface area contributed by atoms with Crippen LogP contribution in [0.4, 0.5) is 0 Å². The zero-order valence-electron chi connectivity index (χ0n) is 20.1. The molecule has 202 valence electrons. The fourth-order valence-electron chi connectivity index (χ4n) is 3.80. The third-order valence-corrected chi connectivity index (χ3v) is 5.83. The molecule has 3 rings (SSSR count). The van der Waals surface area contributed by atoms with Crippen molar-refractivity contribution in [2.45, 2.75) is 36.8 Å². The number of hydrogen-bond donors (Lipinski definition) is 6. The maximum absolute atomic E-state index is 12.6. The smallest absolute Gasteiger partial charge is 0.341 e. The molecular formula is C26H26O12. The quantitative estimate of drug-likeness (QED) is 0.129. The fourth-order valence-corrected chi connectivity index (χ4v) is 3.80. The van der Waals surface area contributed by atoms with Gasteiger partial charge in [-0.1, -0.05) is 12.1 Å². The van der Waals surface area contributed by atoms with Crippen molar-refractivity contribution in [1.29, 1.82) is 0 Å². The van der Waals surface area contributed by atoms with Gasteiger partial charge >= 0.3 is 17.9 Å². The number of hydrogen-bond acceptors (Lipinski definition) is 12. The maximum Gasteiger partial charge on any atom is 0.341 e. The number of ether oxygens (including phenoxy) is 3. The molecule has 38 heavy (non-hydrogen) atoms. The van der Waals surface area contributed by atoms with Gasteiger partial charge in [0.25, 0.3) is 0 Å². The highest BCUT2D eigenvalue weighted by atomic mass is 16.6. The highest BCUT2D eigenvalue weighted by molar-refractivity contribution is 5.89. The van der Waals surface area contributed by atoms with Crippen LogP contribution in [0.3, 0.4) is 0 Å². The molecule has 0 spiro atoms. The highest BCUT2D eigenvalue weighted by Crippen LogP contribution is 2.35. The molecule has 4 atom stereocenters. The Morgan fingerprint density at radius 3 is 1.82 bits per heavy atom. The minimum absolute atomic E-state index is 0.199. The molecule has 0 saturated heterocycles. The highest BCUT2D eigenvalue weighted by Gasteiger charge is 2.57. The zero-order chi connectivity index (χ0) is 28.0. The monoisotopic (exact) mass is 530 g/mol. The van der Waals surface area contributed by atoms with Gasteiger partial charge in [-0.3, -0.25) is 0 Å². The van der Waals surface area contributed by atoms with E-state index in [1.54, 1.807) is 0 Å². The van der Waals surface area contributed by atoms with Crippen molar-refractivity contribution < 1.29 is 59.2 Å². The number of carbonyl (C=O) groups excluding carboxylic acids is 3. The summed E-state index contributed by atoms with van der Waals surface area (Å²) in [5.74, 6) is -4.89. The van der Waals surface area contributed by atoms with E-state index in [0.717, 1.165) is 19.3 Å². The summed E-state index contributed by atoms with van der Waals surface area (Å²) in [7, 11) is 0.998. The van der Waals surface area contributed by atoms with E-state index in [2.05, 4.69) is 4.74 Å². The average Bonchev–Trinajstić information content (AvgIpc) is 2.89. The molecule has 2 aromatic rings. The summed E-state index contributed by atoms with van der Waals surface area (Å²) in [5, 5.41) is 59.5. The summed E-state index contributed by atoms with van der Waals surface area (Å²) in [6.45, 7) is 0. The number of esters is 3. The van der Waals surface area contributed by atoms with Gasteiger partial charge in [0.15, 0.2) is 35.2 Å². The second kappa shape index (κ2) is 11.7. The van der Waals surface area contributed by atoms with E-state index in [-0.39, 0.29) is 24.3 Å². The summed E-state index contributed by atoms with van der Waals surface area (Å²) in [5.41, 5.74) is -1.83. The Bertz CT molecular complexity index is 1270. The third kappa shape index (κ3) is 6.41. The molecule has 0 bridgehead atoms. The lowest BCUT2D eigenvalue weighted by molar-refractivity contribution is -0.224. The largest absolute Gasteiger partial charge is 0.504 e. The van der Waals surface area contributed by atoms with Gasteiger partial charge in [0.05, 0.1) is 13.2 Å². The lowest BCUT2D eigenvalue weighted by Crippen LogP contribution is -2.64. The Morgan fingerprint density at radius 1 is 0.842 bits per heavy atom. The normalized spacial score (nSPS) is 23.3. The second-order valence-electron chi connectivity index (χ2n) is 8.44. The summed E-state index contributed by atoms with van der Waals surface area (Å²) in [6, 6.07) is 7.52. The minimum Gasteiger partial charge on any atom is -0.504 e. The van der Waals surface area contributed by atoms with Crippen LogP contribution >= 0.6 is 0 Å². The Balaban J connectivity index is 1.82. The topological polar surface area (TPSA) is 200 Å². The molecule has 1 saturated carbocycles. The first kappa shape index (κ1) is 28.0. The Labute approximate surface area is 216 Å². The van der Waals surface area contributed by atoms with Crippen molar-refractivity contribution >= 4 is 30.1 Å². The predicted molar refractivity (Wildman–Crippen MR) is 130 cm³/mol. The van der Waals surface area contributed by atoms with E-state index in [0.29, 0.717) is 11.1 Å². The number of methoxy groups -OCH3 is 1. The van der Waals surface area contributed by atoms with E-state index < -0.39 is 53.3 Å². The van der Waals surface area contributed by atoms with Gasteiger partial charge < -0.3 is 44.8 Å². The van der Waals surface area contributed by atoms with E-state index in [1.165, 1.54) is 48.6 Å². The summed E-state index contributed by atoms with van der Waals surface area (Å²) in [4.78, 5) is 37.5. The minimum atomic E-state index is -2.45. The van der Waals surface area contributed by atoms with Crippen molar-refractivity contribution in [3.8, 4) is 23.0 Å². The van der Waals surface area contributed by atoms with Gasteiger partial charge in [-0.25, -0.2) is 14.4 Å². The standard InChI is InChI=1S/C26H26O12/c1-36-25(34)26(35)11-10-18(29)23(37-21(32)8-4-14-2-6-16(27)19(30)12-14)24(26)38-22(33)9-5-15-3-7-17(28)20(31)13-15/h2-9,12-13,18,23-24,27-31,35H,10-11H2,1H3/t18-,23+,24+,26-/m1/s1. The summed E-state index contributed by atoms with van der Waals surface area (Å²) >= 11 is 0. The van der Waals surface area contributed by atoms with Gasteiger partial charge in [-0.15, -0.1) is 0 Å². The molecule has 0 heterocycles. The van der Waals surface area contributed by atoms with Crippen LogP contribution in [0.15, 0.2) is 48.6 Å². The third-order valence-electron chi connectivity index (χ3n) is 5.83. The van der Waals surface area contributed by atoms with Crippen LogP contribution < -0.4 is 0 Å². The van der Waals surface area contributed by atoms with Crippen LogP contribution in [0.2, 0.25) is 0 Å². The lowest BCUT2D eigenvalue weighted by atomic mass is 9.78. The van der Waals surface area contributed by atoms with Crippen molar-refractivity contribution in [2.75, 3.05) is 7.11 Å². The molecule has 6 N–H and O–H groups in total. The molecule has 1 aliphatic rings. The molecular weight excluding hydrogens is 504 g/mol. The molecule has 12 heteroatoms. The van der Waals surface area contributed by atoms with Gasteiger partial charge in [0.1, 0.15) is 0 Å². The molecule has 0 aliphatic heterocycles. The first-order valence-electron chi connectivity index (χ1n) is 11.2. The zero-order valence-corrected chi connectivity index (χ0v) is 20.1. The first-order chi connectivity index (χ1) is 17.9. The van der Waals surface area contributed by atoms with Crippen molar-refractivity contribution in [3.05, 3.63) is 59.7 Å². The molecule has 12 nitrogen and oxygen atoms in total. The van der Waals surface area contributed by atoms with E-state index in [1.807, 2.05) is 0 Å². The van der Waals surface area contributed by atoms with Gasteiger partial charge in [0, 0.05) is 12.2 Å². The van der Waals surface area contributed by atoms with Crippen molar-refractivity contribution in [1.82, 2.24) is 0 Å². The number of phenolic OH excluding ortho intramolecular Hbond substituents is 4. The van der Waals surface area contributed by atoms with Crippen molar-refractivity contribution in [2.24, 2.45) is 0 Å². The molecule has 0 radical (unpaired) electrons. The SMILES string of the molecule is COC(=O)[C@@]1(O)CC[C@@H](O)[C@H](OC(=O)C=Cc2ccc(O)c(O)c2)[C@@H]1OC(=O)C=Cc1ccc(O)c(O)c1. The number of aromatic hydroxyl groups is 4. The Hall–Kier alpha value is -4.55. The number of phenols is 4. The summed E-state index contributed by atoms with van der Waals surface area (Å²) in [6.07, 6.45) is -1.24. The van der Waals surface area contributed by atoms with Gasteiger partial charge in [-0.05, 0) is 60.4 Å². The number of benzene rings is 2. The molecule has 1 fully saturated rings. The molecule has 0 aromatic heterocycles. The Kier molecular flexibility index (Phi) is 8.61. The lowest BCUT2D eigenvalue weighted by Gasteiger charge is -2.42. The van der Waals surface area contributed by atoms with Crippen LogP contribution in [0, 0.1) is 0 Å². The molecule has 2 aromatic carbocycles. The van der Waals surface area contributed by atoms with Crippen LogP contribution in [-0.4, -0.2) is 79.6 Å². The van der Waals surface area contributed by atoms with Crippen LogP contribution in [0.25, 0.3) is 12.2 Å². The van der Waals surface area contributed by atoms with Crippen LogP contribution in [0.5, 0.6) is 23.0 Å². The van der Waals surface area contributed by atoms with Crippen LogP contribution in [-0.2, 0) is 28.6 Å². The molecule has 0 amide bonds. The van der Waals surface area contributed by atoms with Crippen molar-refractivity contribution in [3.63, 3.8) is 0 Å². The molecule has 1 aliphatic carbocycles.